The van der Waals surface area contributed by atoms with Gasteiger partial charge in [0, 0.05) is 44.1 Å². The number of piperidine rings is 1. The van der Waals surface area contributed by atoms with Crippen LogP contribution in [0.4, 0.5) is 17.5 Å². The Balaban J connectivity index is 1.20. The van der Waals surface area contributed by atoms with Crippen molar-refractivity contribution in [2.75, 3.05) is 61.3 Å². The number of anilines is 3. The minimum Gasteiger partial charge on any atom is -0.507 e. The number of amides is 1. The standard InChI is InChI=1S/C25H31N9O2/c26-23(36)16-32-7-5-17(6-8-32)18-14-28-25(29-15-18)34-11-9-33(10-12-34)21-13-20(30-31-24(21)27)19-3-1-2-4-22(19)35/h1-4,13-15,17,35H,5-12,16H2,(H2,26,36)(H2,27,31). The van der Waals surface area contributed by atoms with Crippen LogP contribution in [0.1, 0.15) is 24.3 Å². The highest BCUT2D eigenvalue weighted by Crippen LogP contribution is 2.32. The topological polar surface area (TPSA) is 151 Å². The van der Waals surface area contributed by atoms with Crippen molar-refractivity contribution in [1.82, 2.24) is 25.1 Å². The maximum absolute atomic E-state index is 11.1. The third-order valence-electron chi connectivity index (χ3n) is 6.98. The Hall–Kier alpha value is -3.99. The fourth-order valence-corrected chi connectivity index (χ4v) is 4.96. The number of hydrogen-bond acceptors (Lipinski definition) is 10. The summed E-state index contributed by atoms with van der Waals surface area (Å²) in [5.41, 5.74) is 14.6. The zero-order chi connectivity index (χ0) is 25.1. The molecule has 5 N–H and O–H groups in total. The number of piperazine rings is 1. The number of aromatic hydroxyl groups is 1. The maximum Gasteiger partial charge on any atom is 0.231 e. The molecule has 2 aliphatic heterocycles. The number of rotatable bonds is 6. The molecule has 0 bridgehead atoms. The number of nitrogens with zero attached hydrogens (tertiary/aromatic N) is 7. The molecular weight excluding hydrogens is 458 g/mol. The Morgan fingerprint density at radius 1 is 0.972 bits per heavy atom. The van der Waals surface area contributed by atoms with Crippen molar-refractivity contribution in [2.24, 2.45) is 5.73 Å². The molecule has 0 saturated carbocycles. The van der Waals surface area contributed by atoms with E-state index in [4.69, 9.17) is 11.5 Å². The fraction of sp³-hybridized carbons (Fsp3) is 0.400. The van der Waals surface area contributed by atoms with Crippen molar-refractivity contribution in [3.8, 4) is 17.0 Å². The summed E-state index contributed by atoms with van der Waals surface area (Å²) in [6.07, 6.45) is 5.82. The zero-order valence-corrected chi connectivity index (χ0v) is 20.1. The van der Waals surface area contributed by atoms with Gasteiger partial charge >= 0.3 is 0 Å². The van der Waals surface area contributed by atoms with E-state index in [1.54, 1.807) is 12.1 Å². The molecule has 11 heteroatoms. The molecule has 2 aliphatic rings. The lowest BCUT2D eigenvalue weighted by molar-refractivity contribution is -0.119. The predicted octanol–water partition coefficient (Wildman–Crippen LogP) is 1.21. The van der Waals surface area contributed by atoms with Crippen LogP contribution in [0.25, 0.3) is 11.3 Å². The van der Waals surface area contributed by atoms with Crippen molar-refractivity contribution >= 4 is 23.4 Å². The second-order valence-corrected chi connectivity index (χ2v) is 9.32. The molecular formula is C25H31N9O2. The van der Waals surface area contributed by atoms with Crippen LogP contribution in [0.2, 0.25) is 0 Å². The molecule has 3 aromatic rings. The van der Waals surface area contributed by atoms with Gasteiger partial charge in [0.2, 0.25) is 11.9 Å². The van der Waals surface area contributed by atoms with Gasteiger partial charge in [0.15, 0.2) is 5.82 Å². The summed E-state index contributed by atoms with van der Waals surface area (Å²) in [6, 6.07) is 8.94. The fourth-order valence-electron chi connectivity index (χ4n) is 4.96. The quantitative estimate of drug-likeness (QED) is 0.461. The number of nitrogens with two attached hydrogens (primary N) is 2. The molecule has 2 saturated heterocycles. The average molecular weight is 490 g/mol. The second kappa shape index (κ2) is 10.3. The Bertz CT molecular complexity index is 1200. The van der Waals surface area contributed by atoms with Crippen molar-refractivity contribution in [1.29, 1.82) is 0 Å². The van der Waals surface area contributed by atoms with Gasteiger partial charge in [-0.3, -0.25) is 9.69 Å². The van der Waals surface area contributed by atoms with E-state index in [0.29, 0.717) is 29.5 Å². The first-order valence-electron chi connectivity index (χ1n) is 12.2. The van der Waals surface area contributed by atoms with Crippen LogP contribution in [0, 0.1) is 0 Å². The number of nitrogen functional groups attached to an aromatic ring is 1. The molecule has 4 heterocycles. The van der Waals surface area contributed by atoms with Crippen molar-refractivity contribution < 1.29 is 9.90 Å². The van der Waals surface area contributed by atoms with Crippen molar-refractivity contribution in [3.63, 3.8) is 0 Å². The Kier molecular flexibility index (Phi) is 6.81. The van der Waals surface area contributed by atoms with Gasteiger partial charge in [-0.25, -0.2) is 9.97 Å². The number of phenols is 1. The van der Waals surface area contributed by atoms with Crippen LogP contribution in [-0.4, -0.2) is 81.9 Å². The van der Waals surface area contributed by atoms with Crippen LogP contribution in [0.3, 0.4) is 0 Å². The van der Waals surface area contributed by atoms with Crippen LogP contribution >= 0.6 is 0 Å². The van der Waals surface area contributed by atoms with E-state index >= 15 is 0 Å². The van der Waals surface area contributed by atoms with Gasteiger partial charge in [-0.05, 0) is 55.6 Å². The molecule has 0 radical (unpaired) electrons. The summed E-state index contributed by atoms with van der Waals surface area (Å²) >= 11 is 0. The lowest BCUT2D eigenvalue weighted by Gasteiger charge is -2.36. The van der Waals surface area contributed by atoms with Crippen LogP contribution in [0.5, 0.6) is 5.75 Å². The van der Waals surface area contributed by atoms with Gasteiger partial charge < -0.3 is 26.4 Å². The van der Waals surface area contributed by atoms with E-state index in [-0.39, 0.29) is 11.7 Å². The lowest BCUT2D eigenvalue weighted by Crippen LogP contribution is -2.47. The summed E-state index contributed by atoms with van der Waals surface area (Å²) in [4.78, 5) is 26.9. The number of carbonyl (C=O) groups excluding carboxylic acids is 1. The Morgan fingerprint density at radius 2 is 1.64 bits per heavy atom. The van der Waals surface area contributed by atoms with Gasteiger partial charge in [0.25, 0.3) is 0 Å². The third kappa shape index (κ3) is 5.15. The third-order valence-corrected chi connectivity index (χ3v) is 6.98. The Labute approximate surface area is 209 Å². The highest BCUT2D eigenvalue weighted by atomic mass is 16.3. The molecule has 0 unspecified atom stereocenters. The van der Waals surface area contributed by atoms with Crippen LogP contribution in [0.15, 0.2) is 42.7 Å². The normalized spacial score (nSPS) is 17.3. The van der Waals surface area contributed by atoms with E-state index in [1.807, 2.05) is 30.6 Å². The molecule has 1 amide bonds. The monoisotopic (exact) mass is 489 g/mol. The van der Waals surface area contributed by atoms with Gasteiger partial charge in [0.05, 0.1) is 17.9 Å². The maximum atomic E-state index is 11.1. The first-order valence-corrected chi connectivity index (χ1v) is 12.2. The van der Waals surface area contributed by atoms with Crippen LogP contribution < -0.4 is 21.3 Å². The highest BCUT2D eigenvalue weighted by molar-refractivity contribution is 5.76. The summed E-state index contributed by atoms with van der Waals surface area (Å²) in [5.74, 6) is 1.37. The summed E-state index contributed by atoms with van der Waals surface area (Å²) in [6.45, 7) is 5.01. The van der Waals surface area contributed by atoms with Gasteiger partial charge in [-0.2, -0.15) is 0 Å². The second-order valence-electron chi connectivity index (χ2n) is 9.32. The molecule has 36 heavy (non-hydrogen) atoms. The predicted molar refractivity (Wildman–Crippen MR) is 138 cm³/mol. The van der Waals surface area contributed by atoms with E-state index in [2.05, 4.69) is 34.9 Å². The molecule has 5 rings (SSSR count). The zero-order valence-electron chi connectivity index (χ0n) is 20.1. The number of carbonyl (C=O) groups is 1. The van der Waals surface area contributed by atoms with Gasteiger partial charge in [-0.1, -0.05) is 12.1 Å². The van der Waals surface area contributed by atoms with Crippen LogP contribution in [-0.2, 0) is 4.79 Å². The van der Waals surface area contributed by atoms with E-state index in [0.717, 1.165) is 69.3 Å². The molecule has 0 atom stereocenters. The number of para-hydroxylation sites is 1. The minimum atomic E-state index is -0.278. The number of primary amides is 1. The number of aromatic nitrogens is 4. The van der Waals surface area contributed by atoms with Gasteiger partial charge in [0.1, 0.15) is 5.75 Å². The highest BCUT2D eigenvalue weighted by Gasteiger charge is 2.24. The number of likely N-dealkylation sites (tertiary alicyclic amines) is 1. The largest absolute Gasteiger partial charge is 0.507 e. The first kappa shape index (κ1) is 23.7. The molecule has 1 aromatic carbocycles. The molecule has 11 nitrogen and oxygen atoms in total. The number of benzene rings is 1. The van der Waals surface area contributed by atoms with E-state index in [1.165, 1.54) is 0 Å². The molecule has 0 spiro atoms. The van der Waals surface area contributed by atoms with Crippen molar-refractivity contribution in [2.45, 2.75) is 18.8 Å². The summed E-state index contributed by atoms with van der Waals surface area (Å²) in [7, 11) is 0. The number of hydrogen-bond donors (Lipinski definition) is 3. The minimum absolute atomic E-state index is 0.157. The summed E-state index contributed by atoms with van der Waals surface area (Å²) in [5, 5.41) is 18.5. The van der Waals surface area contributed by atoms with Crippen molar-refractivity contribution in [3.05, 3.63) is 48.3 Å². The first-order chi connectivity index (χ1) is 17.5. The van der Waals surface area contributed by atoms with Gasteiger partial charge in [-0.15, -0.1) is 10.2 Å². The van der Waals surface area contributed by atoms with E-state index in [9.17, 15) is 9.90 Å². The lowest BCUT2D eigenvalue weighted by atomic mass is 9.91. The average Bonchev–Trinajstić information content (AvgIpc) is 2.90. The number of phenolic OH excluding ortho intramolecular Hbond substituents is 1. The van der Waals surface area contributed by atoms with E-state index < -0.39 is 0 Å². The molecule has 2 aromatic heterocycles. The Morgan fingerprint density at radius 3 is 2.31 bits per heavy atom. The SMILES string of the molecule is NC(=O)CN1CCC(c2cnc(N3CCN(c4cc(-c5ccccc5O)nnc4N)CC3)nc2)CC1. The summed E-state index contributed by atoms with van der Waals surface area (Å²) < 4.78 is 0. The molecule has 0 aliphatic carbocycles. The molecule has 188 valence electrons. The molecule has 2 fully saturated rings. The smallest absolute Gasteiger partial charge is 0.231 e.